The Morgan fingerprint density at radius 2 is 1.42 bits per heavy atom. The van der Waals surface area contributed by atoms with Crippen molar-refractivity contribution in [3.63, 3.8) is 0 Å². The van der Waals surface area contributed by atoms with Crippen LogP contribution in [0.3, 0.4) is 0 Å². The summed E-state index contributed by atoms with van der Waals surface area (Å²) in [4.78, 5) is 0. The Labute approximate surface area is 161 Å². The average Bonchev–Trinajstić information content (AvgIpc) is 3.11. The molecular formula is C24H34NP. The van der Waals surface area contributed by atoms with E-state index >= 15 is 0 Å². The van der Waals surface area contributed by atoms with Crippen molar-refractivity contribution in [2.24, 2.45) is 0 Å². The van der Waals surface area contributed by atoms with Crippen molar-refractivity contribution in [3.8, 4) is 0 Å². The monoisotopic (exact) mass is 367 g/mol. The van der Waals surface area contributed by atoms with E-state index in [0.29, 0.717) is 11.3 Å². The smallest absolute Gasteiger partial charge is 0.0178 e. The lowest BCUT2D eigenvalue weighted by Gasteiger charge is -2.27. The van der Waals surface area contributed by atoms with Crippen LogP contribution >= 0.6 is 8.07 Å². The fourth-order valence-corrected chi connectivity index (χ4v) is 7.17. The van der Waals surface area contributed by atoms with Gasteiger partial charge in [-0.15, -0.1) is 0 Å². The Kier molecular flexibility index (Phi) is 7.71. The number of hydrogen-bond donors (Lipinski definition) is 1. The van der Waals surface area contributed by atoms with Gasteiger partial charge in [-0.1, -0.05) is 81.3 Å². The highest BCUT2D eigenvalue weighted by Gasteiger charge is 2.37. The minimum atomic E-state index is -0.207. The number of aryl methyl sites for hydroxylation is 1. The SMILES string of the molecule is CCCCNP1[C@H](c2ccccc2)CC[C@H]1c1ccc(CCCC)cc1. The van der Waals surface area contributed by atoms with Crippen LogP contribution in [0.4, 0.5) is 0 Å². The topological polar surface area (TPSA) is 12.0 Å². The molecule has 3 atom stereocenters. The van der Waals surface area contributed by atoms with E-state index in [1.54, 1.807) is 5.56 Å². The van der Waals surface area contributed by atoms with Crippen molar-refractivity contribution >= 4 is 8.07 Å². The van der Waals surface area contributed by atoms with E-state index in [0.717, 1.165) is 6.54 Å². The quantitative estimate of drug-likeness (QED) is 0.360. The lowest BCUT2D eigenvalue weighted by Crippen LogP contribution is -2.13. The first-order valence-corrected chi connectivity index (χ1v) is 12.0. The Bertz CT molecular complexity index is 637. The van der Waals surface area contributed by atoms with Crippen molar-refractivity contribution in [3.05, 3.63) is 71.3 Å². The van der Waals surface area contributed by atoms with Crippen LogP contribution in [-0.2, 0) is 6.42 Å². The molecule has 1 fully saturated rings. The predicted molar refractivity (Wildman–Crippen MR) is 116 cm³/mol. The third-order valence-electron chi connectivity index (χ3n) is 5.58. The predicted octanol–water partition coefficient (Wildman–Crippen LogP) is 7.39. The molecule has 2 heteroatoms. The molecule has 140 valence electrons. The van der Waals surface area contributed by atoms with Gasteiger partial charge in [0.2, 0.25) is 0 Å². The number of unbranched alkanes of at least 4 members (excludes halogenated alkanes) is 2. The Balaban J connectivity index is 1.76. The van der Waals surface area contributed by atoms with Gasteiger partial charge in [-0.2, -0.15) is 0 Å². The molecule has 1 heterocycles. The largest absolute Gasteiger partial charge is 0.295 e. The third kappa shape index (κ3) is 4.96. The zero-order chi connectivity index (χ0) is 18.2. The van der Waals surface area contributed by atoms with Crippen molar-refractivity contribution in [1.82, 2.24) is 5.09 Å². The van der Waals surface area contributed by atoms with E-state index < -0.39 is 0 Å². The van der Waals surface area contributed by atoms with Crippen LogP contribution in [0.15, 0.2) is 54.6 Å². The average molecular weight is 368 g/mol. The molecule has 0 aliphatic carbocycles. The normalized spacial score (nSPS) is 22.6. The van der Waals surface area contributed by atoms with E-state index in [9.17, 15) is 0 Å². The Morgan fingerprint density at radius 3 is 2.04 bits per heavy atom. The maximum absolute atomic E-state index is 3.99. The van der Waals surface area contributed by atoms with E-state index in [-0.39, 0.29) is 8.07 Å². The summed E-state index contributed by atoms with van der Waals surface area (Å²) >= 11 is 0. The molecule has 1 aliphatic heterocycles. The van der Waals surface area contributed by atoms with E-state index in [2.05, 4.69) is 73.5 Å². The summed E-state index contributed by atoms with van der Waals surface area (Å²) in [6.07, 6.45) is 8.97. The first kappa shape index (κ1) is 19.6. The molecule has 2 aromatic rings. The maximum Gasteiger partial charge on any atom is 0.0178 e. The minimum Gasteiger partial charge on any atom is -0.295 e. The van der Waals surface area contributed by atoms with E-state index in [1.165, 1.54) is 56.1 Å². The van der Waals surface area contributed by atoms with Gasteiger partial charge in [0.1, 0.15) is 0 Å². The van der Waals surface area contributed by atoms with Gasteiger partial charge >= 0.3 is 0 Å². The zero-order valence-corrected chi connectivity index (χ0v) is 17.3. The fraction of sp³-hybridized carbons (Fsp3) is 0.500. The second-order valence-corrected chi connectivity index (χ2v) is 9.91. The van der Waals surface area contributed by atoms with Gasteiger partial charge in [0.05, 0.1) is 0 Å². The molecule has 0 spiro atoms. The number of hydrogen-bond acceptors (Lipinski definition) is 1. The van der Waals surface area contributed by atoms with Crippen LogP contribution in [-0.4, -0.2) is 6.54 Å². The summed E-state index contributed by atoms with van der Waals surface area (Å²) in [5.41, 5.74) is 5.99. The molecule has 0 bridgehead atoms. The first-order chi connectivity index (χ1) is 12.8. The van der Waals surface area contributed by atoms with Crippen LogP contribution in [0.5, 0.6) is 0 Å². The Morgan fingerprint density at radius 1 is 0.808 bits per heavy atom. The summed E-state index contributed by atoms with van der Waals surface area (Å²) in [5.74, 6) is 0. The van der Waals surface area contributed by atoms with Crippen LogP contribution in [0, 0.1) is 0 Å². The van der Waals surface area contributed by atoms with Gasteiger partial charge in [-0.05, 0) is 63.4 Å². The number of rotatable bonds is 9. The highest BCUT2D eigenvalue weighted by molar-refractivity contribution is 7.56. The molecule has 0 aromatic heterocycles. The number of nitrogens with one attached hydrogen (secondary N) is 1. The molecule has 0 radical (unpaired) electrons. The molecule has 26 heavy (non-hydrogen) atoms. The molecule has 1 unspecified atom stereocenters. The Hall–Kier alpha value is -1.17. The molecule has 1 saturated heterocycles. The van der Waals surface area contributed by atoms with E-state index in [1.807, 2.05) is 0 Å². The molecule has 1 aliphatic rings. The second kappa shape index (κ2) is 10.2. The lowest BCUT2D eigenvalue weighted by molar-refractivity contribution is 0.763. The summed E-state index contributed by atoms with van der Waals surface area (Å²) in [6.45, 7) is 5.72. The standard InChI is InChI=1S/C24H34NP/c1-3-5-10-20-13-15-22(16-14-20)24-18-17-23(21-11-8-7-9-12-21)26(24)25-19-6-4-2/h7-9,11-16,23-25H,3-6,10,17-19H2,1-2H3/t23-,24-,26?/m0/s1. The summed E-state index contributed by atoms with van der Waals surface area (Å²) in [5, 5.41) is 3.99. The summed E-state index contributed by atoms with van der Waals surface area (Å²) < 4.78 is 0. The third-order valence-corrected chi connectivity index (χ3v) is 8.62. The number of benzene rings is 2. The molecule has 1 nitrogen and oxygen atoms in total. The first-order valence-electron chi connectivity index (χ1n) is 10.5. The fourth-order valence-electron chi connectivity index (χ4n) is 4.03. The minimum absolute atomic E-state index is 0.207. The molecule has 3 rings (SSSR count). The summed E-state index contributed by atoms with van der Waals surface area (Å²) in [7, 11) is -0.207. The van der Waals surface area contributed by atoms with Crippen LogP contribution < -0.4 is 5.09 Å². The second-order valence-electron chi connectivity index (χ2n) is 7.53. The maximum atomic E-state index is 3.99. The molecule has 2 aromatic carbocycles. The van der Waals surface area contributed by atoms with Crippen molar-refractivity contribution in [2.75, 3.05) is 6.54 Å². The van der Waals surface area contributed by atoms with Gasteiger partial charge < -0.3 is 0 Å². The van der Waals surface area contributed by atoms with E-state index in [4.69, 9.17) is 0 Å². The molecular weight excluding hydrogens is 333 g/mol. The van der Waals surface area contributed by atoms with Gasteiger partial charge in [-0.25, -0.2) is 0 Å². The molecule has 1 N–H and O–H groups in total. The van der Waals surface area contributed by atoms with Gasteiger partial charge in [-0.3, -0.25) is 5.09 Å². The van der Waals surface area contributed by atoms with Crippen molar-refractivity contribution in [2.45, 2.75) is 70.1 Å². The van der Waals surface area contributed by atoms with Crippen molar-refractivity contribution in [1.29, 1.82) is 0 Å². The lowest BCUT2D eigenvalue weighted by atomic mass is 10.0. The van der Waals surface area contributed by atoms with Gasteiger partial charge in [0.25, 0.3) is 0 Å². The molecule has 0 saturated carbocycles. The zero-order valence-electron chi connectivity index (χ0n) is 16.5. The van der Waals surface area contributed by atoms with Crippen LogP contribution in [0.2, 0.25) is 0 Å². The van der Waals surface area contributed by atoms with Crippen LogP contribution in [0.1, 0.15) is 80.4 Å². The van der Waals surface area contributed by atoms with Gasteiger partial charge in [0.15, 0.2) is 0 Å². The van der Waals surface area contributed by atoms with Crippen molar-refractivity contribution < 1.29 is 0 Å². The molecule has 0 amide bonds. The highest BCUT2D eigenvalue weighted by atomic mass is 31.1. The van der Waals surface area contributed by atoms with Crippen LogP contribution in [0.25, 0.3) is 0 Å². The van der Waals surface area contributed by atoms with Gasteiger partial charge in [0, 0.05) is 11.3 Å². The summed E-state index contributed by atoms with van der Waals surface area (Å²) in [6, 6.07) is 20.8. The highest BCUT2D eigenvalue weighted by Crippen LogP contribution is 2.67.